The molecule has 0 aliphatic heterocycles. The third-order valence-electron chi connectivity index (χ3n) is 5.43. The molecule has 0 radical (unpaired) electrons. The van der Waals surface area contributed by atoms with Crippen molar-refractivity contribution in [3.05, 3.63) is 95.7 Å². The normalized spacial score (nSPS) is 10.7. The van der Waals surface area contributed by atoms with Crippen molar-refractivity contribution in [2.45, 2.75) is 13.2 Å². The minimum Gasteiger partial charge on any atom is -0.497 e. The van der Waals surface area contributed by atoms with E-state index in [0.29, 0.717) is 41.5 Å². The van der Waals surface area contributed by atoms with Gasteiger partial charge in [-0.05, 0) is 35.4 Å². The van der Waals surface area contributed by atoms with Gasteiger partial charge in [0.05, 0.1) is 32.1 Å². The van der Waals surface area contributed by atoms with Crippen LogP contribution in [0.4, 0.5) is 0 Å². The minimum atomic E-state index is -0.226. The smallest absolute Gasteiger partial charge is 0.255 e. The number of ether oxygens (including phenoxy) is 3. The number of para-hydroxylation sites is 1. The van der Waals surface area contributed by atoms with Gasteiger partial charge in [0.25, 0.3) is 5.91 Å². The number of carbonyl (C=O) groups excluding carboxylic acids is 1. The number of carbonyl (C=O) groups is 1. The van der Waals surface area contributed by atoms with E-state index in [1.807, 2.05) is 66.7 Å². The molecule has 3 aromatic carbocycles. The number of methoxy groups -OCH3 is 3. The quantitative estimate of drug-likeness (QED) is 0.397. The number of hydrogen-bond acceptors (Lipinski definition) is 5. The summed E-state index contributed by atoms with van der Waals surface area (Å²) >= 11 is 0. The van der Waals surface area contributed by atoms with E-state index in [1.165, 1.54) is 0 Å². The van der Waals surface area contributed by atoms with Gasteiger partial charge < -0.3 is 19.5 Å². The number of amides is 1. The lowest BCUT2D eigenvalue weighted by atomic mass is 10.1. The Balaban J connectivity index is 1.66. The Bertz CT molecular complexity index is 1250. The lowest BCUT2D eigenvalue weighted by Gasteiger charge is -2.10. The van der Waals surface area contributed by atoms with Gasteiger partial charge >= 0.3 is 0 Å². The summed E-state index contributed by atoms with van der Waals surface area (Å²) in [6, 6.07) is 23.1. The number of hydrogen-bond donors (Lipinski definition) is 1. The van der Waals surface area contributed by atoms with Crippen molar-refractivity contribution in [1.29, 1.82) is 0 Å². The van der Waals surface area contributed by atoms with Crippen molar-refractivity contribution in [1.82, 2.24) is 15.1 Å². The van der Waals surface area contributed by atoms with Crippen LogP contribution in [-0.2, 0) is 17.9 Å². The first-order valence-corrected chi connectivity index (χ1v) is 10.9. The van der Waals surface area contributed by atoms with E-state index >= 15 is 0 Å². The zero-order chi connectivity index (χ0) is 23.9. The van der Waals surface area contributed by atoms with E-state index in [4.69, 9.17) is 19.3 Å². The lowest BCUT2D eigenvalue weighted by Crippen LogP contribution is -2.23. The van der Waals surface area contributed by atoms with Crippen molar-refractivity contribution in [2.24, 2.45) is 0 Å². The number of nitrogens with zero attached hydrogens (tertiary/aromatic N) is 2. The van der Waals surface area contributed by atoms with Crippen LogP contribution in [0.15, 0.2) is 79.0 Å². The number of benzene rings is 3. The van der Waals surface area contributed by atoms with Crippen LogP contribution in [0.5, 0.6) is 11.5 Å². The van der Waals surface area contributed by atoms with Gasteiger partial charge in [-0.1, -0.05) is 42.5 Å². The Morgan fingerprint density at radius 2 is 1.65 bits per heavy atom. The van der Waals surface area contributed by atoms with Gasteiger partial charge in [-0.15, -0.1) is 0 Å². The van der Waals surface area contributed by atoms with E-state index in [2.05, 4.69) is 5.32 Å². The van der Waals surface area contributed by atoms with Crippen molar-refractivity contribution in [2.75, 3.05) is 21.3 Å². The maximum Gasteiger partial charge on any atom is 0.255 e. The molecule has 1 amide bonds. The predicted octanol–water partition coefficient (Wildman–Crippen LogP) is 4.63. The molecule has 1 heterocycles. The predicted molar refractivity (Wildman–Crippen MR) is 130 cm³/mol. The highest BCUT2D eigenvalue weighted by Crippen LogP contribution is 2.34. The van der Waals surface area contributed by atoms with Crippen molar-refractivity contribution in [3.63, 3.8) is 0 Å². The van der Waals surface area contributed by atoms with Crippen molar-refractivity contribution in [3.8, 4) is 28.4 Å². The van der Waals surface area contributed by atoms with E-state index in [1.54, 1.807) is 38.3 Å². The summed E-state index contributed by atoms with van der Waals surface area (Å²) in [7, 11) is 4.85. The molecule has 174 valence electrons. The Labute approximate surface area is 198 Å². The van der Waals surface area contributed by atoms with Gasteiger partial charge in [0.1, 0.15) is 17.2 Å². The SMILES string of the molecule is COCc1ccc(CNC(=O)c2cn(-c3ccccc3)nc2-c2ccc(OC)cc2OC)cc1. The second-order valence-electron chi connectivity index (χ2n) is 7.67. The van der Waals surface area contributed by atoms with E-state index in [0.717, 1.165) is 16.8 Å². The zero-order valence-electron chi connectivity index (χ0n) is 19.4. The lowest BCUT2D eigenvalue weighted by molar-refractivity contribution is 0.0951. The zero-order valence-corrected chi connectivity index (χ0v) is 19.4. The van der Waals surface area contributed by atoms with Crippen LogP contribution in [0.25, 0.3) is 16.9 Å². The third kappa shape index (κ3) is 5.10. The van der Waals surface area contributed by atoms with Crippen LogP contribution in [0.2, 0.25) is 0 Å². The molecule has 7 heteroatoms. The van der Waals surface area contributed by atoms with Crippen LogP contribution in [0.1, 0.15) is 21.5 Å². The highest BCUT2D eigenvalue weighted by Gasteiger charge is 2.21. The van der Waals surface area contributed by atoms with Crippen molar-refractivity contribution >= 4 is 5.91 Å². The Hall–Kier alpha value is -4.10. The molecule has 4 aromatic rings. The Morgan fingerprint density at radius 1 is 0.912 bits per heavy atom. The molecule has 0 atom stereocenters. The fraction of sp³-hybridized carbons (Fsp3) is 0.185. The largest absolute Gasteiger partial charge is 0.497 e. The first kappa shape index (κ1) is 23.1. The molecular weight excluding hydrogens is 430 g/mol. The first-order chi connectivity index (χ1) is 16.6. The van der Waals surface area contributed by atoms with Crippen molar-refractivity contribution < 1.29 is 19.0 Å². The molecule has 0 saturated carbocycles. The number of rotatable bonds is 9. The van der Waals surface area contributed by atoms with Crippen LogP contribution in [-0.4, -0.2) is 37.0 Å². The summed E-state index contributed by atoms with van der Waals surface area (Å²) in [5.74, 6) is 1.00. The summed E-state index contributed by atoms with van der Waals surface area (Å²) in [5.41, 5.74) is 4.60. The Morgan fingerprint density at radius 3 is 2.32 bits per heavy atom. The maximum absolute atomic E-state index is 13.3. The van der Waals surface area contributed by atoms with Gasteiger partial charge in [0, 0.05) is 31.5 Å². The summed E-state index contributed by atoms with van der Waals surface area (Å²) in [6.45, 7) is 0.945. The van der Waals surface area contributed by atoms with Gasteiger partial charge in [-0.25, -0.2) is 4.68 Å². The van der Waals surface area contributed by atoms with Crippen LogP contribution in [0.3, 0.4) is 0 Å². The fourth-order valence-electron chi connectivity index (χ4n) is 3.64. The summed E-state index contributed by atoms with van der Waals surface area (Å²) in [4.78, 5) is 13.3. The van der Waals surface area contributed by atoms with E-state index in [-0.39, 0.29) is 5.91 Å². The highest BCUT2D eigenvalue weighted by atomic mass is 16.5. The molecule has 0 bridgehead atoms. The molecule has 4 rings (SSSR count). The van der Waals surface area contributed by atoms with Crippen LogP contribution >= 0.6 is 0 Å². The highest BCUT2D eigenvalue weighted by molar-refractivity contribution is 6.00. The van der Waals surface area contributed by atoms with Gasteiger partial charge in [-0.3, -0.25) is 4.79 Å². The Kier molecular flexibility index (Phi) is 7.25. The molecule has 0 fully saturated rings. The second-order valence-corrected chi connectivity index (χ2v) is 7.67. The minimum absolute atomic E-state index is 0.226. The van der Waals surface area contributed by atoms with E-state index in [9.17, 15) is 4.79 Å². The van der Waals surface area contributed by atoms with Gasteiger partial charge in [0.2, 0.25) is 0 Å². The molecule has 7 nitrogen and oxygen atoms in total. The number of aromatic nitrogens is 2. The third-order valence-corrected chi connectivity index (χ3v) is 5.43. The molecule has 0 spiro atoms. The number of nitrogens with one attached hydrogen (secondary N) is 1. The topological polar surface area (TPSA) is 74.6 Å². The summed E-state index contributed by atoms with van der Waals surface area (Å²) in [5, 5.41) is 7.76. The molecule has 1 N–H and O–H groups in total. The first-order valence-electron chi connectivity index (χ1n) is 10.9. The van der Waals surface area contributed by atoms with Gasteiger partial charge in [0.15, 0.2) is 0 Å². The van der Waals surface area contributed by atoms with Crippen LogP contribution < -0.4 is 14.8 Å². The molecular formula is C27H27N3O4. The second kappa shape index (κ2) is 10.7. The summed E-state index contributed by atoms with van der Waals surface area (Å²) < 4.78 is 17.8. The molecule has 0 unspecified atom stereocenters. The molecule has 1 aromatic heterocycles. The molecule has 0 aliphatic rings. The maximum atomic E-state index is 13.3. The van der Waals surface area contributed by atoms with E-state index < -0.39 is 0 Å². The standard InChI is InChI=1S/C27H27N3O4/c1-32-18-20-11-9-19(10-12-20)16-28-27(31)24-17-30(21-7-5-4-6-8-21)29-26(24)23-14-13-22(33-2)15-25(23)34-3/h4-15,17H,16,18H2,1-3H3,(H,28,31). The molecule has 0 aliphatic carbocycles. The summed E-state index contributed by atoms with van der Waals surface area (Å²) in [6.07, 6.45) is 1.74. The average molecular weight is 458 g/mol. The van der Waals surface area contributed by atoms with Gasteiger partial charge in [-0.2, -0.15) is 5.10 Å². The molecule has 0 saturated heterocycles. The monoisotopic (exact) mass is 457 g/mol. The fourth-order valence-corrected chi connectivity index (χ4v) is 3.64. The molecule has 34 heavy (non-hydrogen) atoms. The average Bonchev–Trinajstić information content (AvgIpc) is 3.34. The van der Waals surface area contributed by atoms with Crippen LogP contribution in [0, 0.1) is 0 Å².